The van der Waals surface area contributed by atoms with E-state index >= 15 is 0 Å². The molecule has 0 saturated heterocycles. The van der Waals surface area contributed by atoms with Crippen LogP contribution in [0.1, 0.15) is 24.0 Å². The Bertz CT molecular complexity index is 1180. The number of hydrogen-bond acceptors (Lipinski definition) is 7. The molecule has 0 radical (unpaired) electrons. The van der Waals surface area contributed by atoms with Gasteiger partial charge in [0.25, 0.3) is 5.91 Å². The van der Waals surface area contributed by atoms with Gasteiger partial charge in [0.1, 0.15) is 17.4 Å². The van der Waals surface area contributed by atoms with Crippen LogP contribution in [-0.4, -0.2) is 34.7 Å². The number of aromatic nitrogens is 2. The highest BCUT2D eigenvalue weighted by atomic mass is 19.1. The maximum absolute atomic E-state index is 14.2. The Labute approximate surface area is 184 Å². The molecule has 164 valence electrons. The zero-order valence-electron chi connectivity index (χ0n) is 17.5. The lowest BCUT2D eigenvalue weighted by molar-refractivity contribution is -0.123. The van der Waals surface area contributed by atoms with Gasteiger partial charge in [-0.15, -0.1) is 0 Å². The number of rotatable bonds is 8. The van der Waals surface area contributed by atoms with E-state index in [1.54, 1.807) is 30.5 Å². The van der Waals surface area contributed by atoms with E-state index in [0.717, 1.165) is 18.4 Å². The SMILES string of the molecule is Cc1cnc(-c2cc(F)cc(OCC(=O)NC3CC3)c2)nc1Nc1ccc(N)c(C=N)c1. The Morgan fingerprint density at radius 3 is 2.88 bits per heavy atom. The van der Waals surface area contributed by atoms with Crippen molar-refractivity contribution in [1.29, 1.82) is 5.41 Å². The average Bonchev–Trinajstić information content (AvgIpc) is 3.58. The monoisotopic (exact) mass is 434 g/mol. The summed E-state index contributed by atoms with van der Waals surface area (Å²) in [6.45, 7) is 1.66. The van der Waals surface area contributed by atoms with Crippen LogP contribution in [0.4, 0.5) is 21.6 Å². The van der Waals surface area contributed by atoms with Crippen molar-refractivity contribution < 1.29 is 13.9 Å². The number of amides is 1. The molecule has 5 N–H and O–H groups in total. The molecule has 1 saturated carbocycles. The molecule has 4 rings (SSSR count). The molecule has 8 nitrogen and oxygen atoms in total. The standard InChI is InChI=1S/C23H23FN6O2/c1-13-11-27-23(30-22(13)29-18-4-5-20(26)15(7-18)10-25)14-6-16(24)9-19(8-14)32-12-21(31)28-17-2-3-17/h4-11,17,25H,2-3,12,26H2,1H3,(H,28,31)(H,27,29,30). The normalized spacial score (nSPS) is 12.8. The number of nitrogens with one attached hydrogen (secondary N) is 3. The molecule has 1 amide bonds. The molecule has 2 aromatic carbocycles. The summed E-state index contributed by atoms with van der Waals surface area (Å²) in [6.07, 6.45) is 4.78. The topological polar surface area (TPSA) is 126 Å². The number of anilines is 3. The number of hydrogen-bond donors (Lipinski definition) is 4. The van der Waals surface area contributed by atoms with E-state index in [0.29, 0.717) is 34.1 Å². The number of nitrogen functional groups attached to an aromatic ring is 1. The van der Waals surface area contributed by atoms with Crippen molar-refractivity contribution in [3.63, 3.8) is 0 Å². The number of carbonyl (C=O) groups excluding carboxylic acids is 1. The first kappa shape index (κ1) is 21.2. The van der Waals surface area contributed by atoms with E-state index < -0.39 is 5.82 Å². The van der Waals surface area contributed by atoms with Gasteiger partial charge in [0.15, 0.2) is 12.4 Å². The third-order valence-corrected chi connectivity index (χ3v) is 4.92. The first-order valence-corrected chi connectivity index (χ1v) is 10.1. The molecular formula is C23H23FN6O2. The van der Waals surface area contributed by atoms with Gasteiger partial charge >= 0.3 is 0 Å². The zero-order chi connectivity index (χ0) is 22.7. The number of aryl methyl sites for hydroxylation is 1. The van der Waals surface area contributed by atoms with Crippen molar-refractivity contribution in [2.24, 2.45) is 0 Å². The Morgan fingerprint density at radius 2 is 2.12 bits per heavy atom. The summed E-state index contributed by atoms with van der Waals surface area (Å²) >= 11 is 0. The summed E-state index contributed by atoms with van der Waals surface area (Å²) in [6, 6.07) is 9.58. The van der Waals surface area contributed by atoms with Gasteiger partial charge in [0, 0.05) is 52.6 Å². The predicted octanol–water partition coefficient (Wildman–Crippen LogP) is 3.57. The fraction of sp³-hybridized carbons (Fsp3) is 0.217. The van der Waals surface area contributed by atoms with Crippen LogP contribution in [0.3, 0.4) is 0 Å². The first-order chi connectivity index (χ1) is 15.4. The van der Waals surface area contributed by atoms with Gasteiger partial charge in [-0.05, 0) is 50.1 Å². The number of ether oxygens (including phenoxy) is 1. The second-order valence-corrected chi connectivity index (χ2v) is 7.64. The molecule has 1 aliphatic rings. The molecule has 32 heavy (non-hydrogen) atoms. The third-order valence-electron chi connectivity index (χ3n) is 4.92. The van der Waals surface area contributed by atoms with Crippen LogP contribution in [0.2, 0.25) is 0 Å². The van der Waals surface area contributed by atoms with Crippen LogP contribution in [-0.2, 0) is 4.79 Å². The number of halogens is 1. The van der Waals surface area contributed by atoms with E-state index in [9.17, 15) is 9.18 Å². The van der Waals surface area contributed by atoms with E-state index in [1.807, 2.05) is 6.92 Å². The van der Waals surface area contributed by atoms with Crippen LogP contribution < -0.4 is 21.1 Å². The van der Waals surface area contributed by atoms with Crippen LogP contribution in [0, 0.1) is 18.2 Å². The van der Waals surface area contributed by atoms with E-state index in [4.69, 9.17) is 15.9 Å². The predicted molar refractivity (Wildman–Crippen MR) is 121 cm³/mol. The Balaban J connectivity index is 1.55. The molecule has 1 aromatic heterocycles. The summed E-state index contributed by atoms with van der Waals surface area (Å²) in [5.41, 5.74) is 8.84. The lowest BCUT2D eigenvalue weighted by Crippen LogP contribution is -2.30. The molecular weight excluding hydrogens is 411 g/mol. The number of nitrogens with two attached hydrogens (primary N) is 1. The number of benzene rings is 2. The Kier molecular flexibility index (Phi) is 5.98. The minimum absolute atomic E-state index is 0.187. The van der Waals surface area contributed by atoms with E-state index in [-0.39, 0.29) is 24.3 Å². The van der Waals surface area contributed by atoms with Gasteiger partial charge in [-0.2, -0.15) is 0 Å². The molecule has 9 heteroatoms. The van der Waals surface area contributed by atoms with Crippen molar-refractivity contribution in [1.82, 2.24) is 15.3 Å². The second-order valence-electron chi connectivity index (χ2n) is 7.64. The van der Waals surface area contributed by atoms with Gasteiger partial charge < -0.3 is 26.5 Å². The molecule has 1 heterocycles. The van der Waals surface area contributed by atoms with Crippen molar-refractivity contribution in [3.05, 3.63) is 59.5 Å². The molecule has 1 fully saturated rings. The van der Waals surface area contributed by atoms with Gasteiger partial charge in [-0.1, -0.05) is 0 Å². The highest BCUT2D eigenvalue weighted by Gasteiger charge is 2.23. The average molecular weight is 434 g/mol. The van der Waals surface area contributed by atoms with E-state index in [2.05, 4.69) is 20.6 Å². The molecule has 0 spiro atoms. The summed E-state index contributed by atoms with van der Waals surface area (Å²) < 4.78 is 19.7. The lowest BCUT2D eigenvalue weighted by Gasteiger charge is -2.12. The van der Waals surface area contributed by atoms with Crippen molar-refractivity contribution in [3.8, 4) is 17.1 Å². The van der Waals surface area contributed by atoms with E-state index in [1.165, 1.54) is 18.3 Å². The largest absolute Gasteiger partial charge is 0.484 e. The fourth-order valence-electron chi connectivity index (χ4n) is 3.04. The molecule has 3 aromatic rings. The zero-order valence-corrected chi connectivity index (χ0v) is 17.5. The number of nitrogens with zero attached hydrogens (tertiary/aromatic N) is 2. The molecule has 0 aliphatic heterocycles. The maximum atomic E-state index is 14.2. The first-order valence-electron chi connectivity index (χ1n) is 10.1. The molecule has 1 aliphatic carbocycles. The minimum Gasteiger partial charge on any atom is -0.484 e. The summed E-state index contributed by atoms with van der Waals surface area (Å²) in [4.78, 5) is 20.7. The Hall–Kier alpha value is -4.01. The molecule has 0 bridgehead atoms. The van der Waals surface area contributed by atoms with Crippen LogP contribution >= 0.6 is 0 Å². The fourth-order valence-corrected chi connectivity index (χ4v) is 3.04. The van der Waals surface area contributed by atoms with Gasteiger partial charge in [0.2, 0.25) is 0 Å². The lowest BCUT2D eigenvalue weighted by atomic mass is 10.1. The summed E-state index contributed by atoms with van der Waals surface area (Å²) in [5.74, 6) is 0.301. The molecule has 0 atom stereocenters. The summed E-state index contributed by atoms with van der Waals surface area (Å²) in [5, 5.41) is 13.5. The van der Waals surface area contributed by atoms with Crippen molar-refractivity contribution in [2.45, 2.75) is 25.8 Å². The number of carbonyl (C=O) groups is 1. The maximum Gasteiger partial charge on any atom is 0.258 e. The Morgan fingerprint density at radius 1 is 1.31 bits per heavy atom. The van der Waals surface area contributed by atoms with Crippen LogP contribution in [0.15, 0.2) is 42.6 Å². The quantitative estimate of drug-likeness (QED) is 0.317. The van der Waals surface area contributed by atoms with Gasteiger partial charge in [-0.25, -0.2) is 14.4 Å². The second kappa shape index (κ2) is 9.01. The van der Waals surface area contributed by atoms with Crippen molar-refractivity contribution >= 4 is 29.3 Å². The highest BCUT2D eigenvalue weighted by Crippen LogP contribution is 2.27. The molecule has 0 unspecified atom stereocenters. The smallest absolute Gasteiger partial charge is 0.258 e. The highest BCUT2D eigenvalue weighted by molar-refractivity contribution is 5.87. The van der Waals surface area contributed by atoms with Gasteiger partial charge in [-0.3, -0.25) is 4.79 Å². The minimum atomic E-state index is -0.520. The van der Waals surface area contributed by atoms with Gasteiger partial charge in [0.05, 0.1) is 0 Å². The van der Waals surface area contributed by atoms with Crippen LogP contribution in [0.25, 0.3) is 11.4 Å². The third kappa shape index (κ3) is 5.18. The van der Waals surface area contributed by atoms with Crippen LogP contribution in [0.5, 0.6) is 5.75 Å². The summed E-state index contributed by atoms with van der Waals surface area (Å²) in [7, 11) is 0. The van der Waals surface area contributed by atoms with Crippen molar-refractivity contribution in [2.75, 3.05) is 17.7 Å².